The molecule has 2 amide bonds. The summed E-state index contributed by atoms with van der Waals surface area (Å²) in [4.78, 5) is 25.3. The van der Waals surface area contributed by atoms with Crippen LogP contribution in [-0.2, 0) is 4.79 Å². The molecule has 2 N–H and O–H groups in total. The maximum absolute atomic E-state index is 12.8. The molecule has 30 heavy (non-hydrogen) atoms. The molecular formula is C23H26N4O2S. The van der Waals surface area contributed by atoms with E-state index in [-0.39, 0.29) is 11.8 Å². The molecule has 0 bridgehead atoms. The maximum atomic E-state index is 12.8. The molecule has 1 atom stereocenters. The highest BCUT2D eigenvalue weighted by atomic mass is 32.2. The minimum Gasteiger partial charge on any atom is -0.340 e. The summed E-state index contributed by atoms with van der Waals surface area (Å²) in [5, 5.41) is 10.2. The molecule has 0 spiro atoms. The lowest BCUT2D eigenvalue weighted by Gasteiger charge is -2.18. The number of hydrogen-bond acceptors (Lipinski definition) is 4. The number of rotatable bonds is 8. The smallest absolute Gasteiger partial charge is 0.251 e. The van der Waals surface area contributed by atoms with E-state index in [1.807, 2.05) is 61.2 Å². The van der Waals surface area contributed by atoms with Gasteiger partial charge in [0.25, 0.3) is 5.91 Å². The van der Waals surface area contributed by atoms with Gasteiger partial charge >= 0.3 is 0 Å². The van der Waals surface area contributed by atoms with Crippen molar-refractivity contribution in [1.82, 2.24) is 15.1 Å². The zero-order valence-corrected chi connectivity index (χ0v) is 18.2. The highest BCUT2D eigenvalue weighted by molar-refractivity contribution is 7.98. The van der Waals surface area contributed by atoms with Crippen molar-refractivity contribution in [1.29, 1.82) is 0 Å². The summed E-state index contributed by atoms with van der Waals surface area (Å²) < 4.78 is 1.86. The summed E-state index contributed by atoms with van der Waals surface area (Å²) in [6.45, 7) is 3.96. The van der Waals surface area contributed by atoms with Crippen molar-refractivity contribution < 1.29 is 9.59 Å². The van der Waals surface area contributed by atoms with Gasteiger partial charge < -0.3 is 10.6 Å². The Morgan fingerprint density at radius 2 is 1.77 bits per heavy atom. The normalized spacial score (nSPS) is 11.7. The maximum Gasteiger partial charge on any atom is 0.251 e. The number of carbonyl (C=O) groups is 2. The largest absolute Gasteiger partial charge is 0.340 e. The number of nitrogens with zero attached hydrogens (tertiary/aromatic N) is 2. The lowest BCUT2D eigenvalue weighted by Crippen LogP contribution is -2.44. The molecule has 7 heteroatoms. The van der Waals surface area contributed by atoms with Crippen molar-refractivity contribution in [2.75, 3.05) is 17.3 Å². The lowest BCUT2D eigenvalue weighted by molar-refractivity contribution is -0.118. The quantitative estimate of drug-likeness (QED) is 0.576. The van der Waals surface area contributed by atoms with Gasteiger partial charge in [0, 0.05) is 16.9 Å². The van der Waals surface area contributed by atoms with Crippen LogP contribution < -0.4 is 10.6 Å². The zero-order valence-electron chi connectivity index (χ0n) is 17.4. The van der Waals surface area contributed by atoms with Crippen molar-refractivity contribution in [3.05, 3.63) is 77.6 Å². The second-order valence-electron chi connectivity index (χ2n) is 7.05. The van der Waals surface area contributed by atoms with Gasteiger partial charge in [0.1, 0.15) is 6.04 Å². The molecule has 6 nitrogen and oxygen atoms in total. The van der Waals surface area contributed by atoms with E-state index in [0.717, 1.165) is 22.8 Å². The second kappa shape index (κ2) is 10.1. The third kappa shape index (κ3) is 5.51. The van der Waals surface area contributed by atoms with Gasteiger partial charge in [0.2, 0.25) is 5.91 Å². The van der Waals surface area contributed by atoms with E-state index in [1.54, 1.807) is 36.0 Å². The number of amides is 2. The van der Waals surface area contributed by atoms with E-state index in [2.05, 4.69) is 15.7 Å². The number of benzene rings is 2. The monoisotopic (exact) mass is 422 g/mol. The highest BCUT2D eigenvalue weighted by Gasteiger charge is 2.21. The Balaban J connectivity index is 1.68. The number of aryl methyl sites for hydroxylation is 2. The van der Waals surface area contributed by atoms with Gasteiger partial charge in [-0.15, -0.1) is 0 Å². The van der Waals surface area contributed by atoms with Gasteiger partial charge in [-0.2, -0.15) is 16.9 Å². The first-order valence-corrected chi connectivity index (χ1v) is 11.2. The van der Waals surface area contributed by atoms with Crippen LogP contribution >= 0.6 is 11.8 Å². The van der Waals surface area contributed by atoms with Crippen molar-refractivity contribution in [3.63, 3.8) is 0 Å². The summed E-state index contributed by atoms with van der Waals surface area (Å²) in [6.07, 6.45) is 2.53. The van der Waals surface area contributed by atoms with E-state index < -0.39 is 6.04 Å². The van der Waals surface area contributed by atoms with Gasteiger partial charge in [-0.05, 0) is 74.7 Å². The van der Waals surface area contributed by atoms with Crippen LogP contribution in [0.1, 0.15) is 28.2 Å². The molecule has 1 heterocycles. The fourth-order valence-corrected chi connectivity index (χ4v) is 3.61. The average Bonchev–Trinajstić information content (AvgIpc) is 3.10. The first-order chi connectivity index (χ1) is 14.5. The molecule has 1 aromatic heterocycles. The molecule has 2 aromatic carbocycles. The van der Waals surface area contributed by atoms with Crippen LogP contribution in [-0.4, -0.2) is 39.6 Å². The minimum absolute atomic E-state index is 0.229. The Labute approximate surface area is 181 Å². The Bertz CT molecular complexity index is 1000. The fourth-order valence-electron chi connectivity index (χ4n) is 3.14. The Morgan fingerprint density at radius 1 is 1.07 bits per heavy atom. The second-order valence-corrected chi connectivity index (χ2v) is 8.03. The molecule has 0 radical (unpaired) electrons. The number of anilines is 1. The molecule has 3 aromatic rings. The molecule has 156 valence electrons. The molecule has 0 aliphatic rings. The standard InChI is InChI=1S/C23H26N4O2S/c1-16-15-17(2)27(26-16)20-11-9-19(10-12-20)24-23(29)21(13-14-30-3)25-22(28)18-7-5-4-6-8-18/h4-12,15,21H,13-14H2,1-3H3,(H,24,29)(H,25,28)/t21-/m0/s1. The molecule has 0 aliphatic heterocycles. The number of aromatic nitrogens is 2. The molecule has 0 fully saturated rings. The third-order valence-corrected chi connectivity index (χ3v) is 5.30. The first kappa shape index (κ1) is 21.6. The number of hydrogen-bond donors (Lipinski definition) is 2. The summed E-state index contributed by atoms with van der Waals surface area (Å²) in [7, 11) is 0. The van der Waals surface area contributed by atoms with Gasteiger partial charge in [-0.3, -0.25) is 9.59 Å². The zero-order chi connectivity index (χ0) is 21.5. The van der Waals surface area contributed by atoms with Gasteiger partial charge in [-0.1, -0.05) is 18.2 Å². The molecule has 3 rings (SSSR count). The van der Waals surface area contributed by atoms with Crippen molar-refractivity contribution in [2.45, 2.75) is 26.3 Å². The Kier molecular flexibility index (Phi) is 7.30. The fraction of sp³-hybridized carbons (Fsp3) is 0.261. The van der Waals surface area contributed by atoms with Crippen molar-refractivity contribution in [2.24, 2.45) is 0 Å². The van der Waals surface area contributed by atoms with Gasteiger partial charge in [-0.25, -0.2) is 4.68 Å². The third-order valence-electron chi connectivity index (χ3n) is 4.66. The van der Waals surface area contributed by atoms with Gasteiger partial charge in [0.15, 0.2) is 0 Å². The predicted molar refractivity (Wildman–Crippen MR) is 122 cm³/mol. The summed E-state index contributed by atoms with van der Waals surface area (Å²) in [5.74, 6) is 0.285. The van der Waals surface area contributed by atoms with E-state index in [0.29, 0.717) is 17.7 Å². The van der Waals surface area contributed by atoms with Crippen molar-refractivity contribution in [3.8, 4) is 5.69 Å². The van der Waals surface area contributed by atoms with Crippen molar-refractivity contribution >= 4 is 29.3 Å². The van der Waals surface area contributed by atoms with Crippen LogP contribution in [0.3, 0.4) is 0 Å². The summed E-state index contributed by atoms with van der Waals surface area (Å²) in [5.41, 5.74) is 4.14. The van der Waals surface area contributed by atoms with Crippen LogP contribution in [0.5, 0.6) is 0 Å². The van der Waals surface area contributed by atoms with E-state index in [1.165, 1.54) is 0 Å². The molecule has 0 saturated heterocycles. The highest BCUT2D eigenvalue weighted by Crippen LogP contribution is 2.16. The summed E-state index contributed by atoms with van der Waals surface area (Å²) >= 11 is 1.64. The molecule has 0 unspecified atom stereocenters. The Hall–Kier alpha value is -3.06. The van der Waals surface area contributed by atoms with Crippen LogP contribution in [0.4, 0.5) is 5.69 Å². The first-order valence-electron chi connectivity index (χ1n) is 9.77. The molecule has 0 aliphatic carbocycles. The van der Waals surface area contributed by atoms with Crippen LogP contribution in [0.2, 0.25) is 0 Å². The average molecular weight is 423 g/mol. The molecular weight excluding hydrogens is 396 g/mol. The SMILES string of the molecule is CSCC[C@H](NC(=O)c1ccccc1)C(=O)Nc1ccc(-n2nc(C)cc2C)cc1. The summed E-state index contributed by atoms with van der Waals surface area (Å²) in [6, 6.07) is 17.8. The van der Waals surface area contributed by atoms with E-state index >= 15 is 0 Å². The van der Waals surface area contributed by atoms with Crippen LogP contribution in [0.15, 0.2) is 60.7 Å². The number of carbonyl (C=O) groups excluding carboxylic acids is 2. The number of nitrogens with one attached hydrogen (secondary N) is 2. The van der Waals surface area contributed by atoms with E-state index in [4.69, 9.17) is 0 Å². The lowest BCUT2D eigenvalue weighted by atomic mass is 10.1. The van der Waals surface area contributed by atoms with Crippen LogP contribution in [0.25, 0.3) is 5.69 Å². The molecule has 0 saturated carbocycles. The Morgan fingerprint density at radius 3 is 2.37 bits per heavy atom. The minimum atomic E-state index is -0.610. The topological polar surface area (TPSA) is 76.0 Å². The van der Waals surface area contributed by atoms with Crippen LogP contribution in [0, 0.1) is 13.8 Å². The number of thioether (sulfide) groups is 1. The predicted octanol–water partition coefficient (Wildman–Crippen LogP) is 3.98. The van der Waals surface area contributed by atoms with E-state index in [9.17, 15) is 9.59 Å². The van der Waals surface area contributed by atoms with Gasteiger partial charge in [0.05, 0.1) is 11.4 Å².